The van der Waals surface area contributed by atoms with Gasteiger partial charge in [-0.15, -0.1) is 12.4 Å². The van der Waals surface area contributed by atoms with Gasteiger partial charge in [-0.1, -0.05) is 13.0 Å². The van der Waals surface area contributed by atoms with Gasteiger partial charge in [0.25, 0.3) is 0 Å². The molecule has 1 aliphatic heterocycles. The molecule has 1 fully saturated rings. The summed E-state index contributed by atoms with van der Waals surface area (Å²) >= 11 is 0. The lowest BCUT2D eigenvalue weighted by Crippen LogP contribution is -2.52. The van der Waals surface area contributed by atoms with Crippen LogP contribution < -0.4 is 14.5 Å². The maximum atomic E-state index is 15.2. The van der Waals surface area contributed by atoms with Crippen LogP contribution in [0.15, 0.2) is 54.9 Å². The van der Waals surface area contributed by atoms with Crippen molar-refractivity contribution in [2.24, 2.45) is 0 Å². The Kier molecular flexibility index (Phi) is 9.25. The van der Waals surface area contributed by atoms with Crippen molar-refractivity contribution in [2.45, 2.75) is 46.1 Å². The number of aromatic nitrogens is 3. The van der Waals surface area contributed by atoms with Crippen molar-refractivity contribution in [1.82, 2.24) is 14.4 Å². The molecule has 5 rings (SSSR count). The van der Waals surface area contributed by atoms with Gasteiger partial charge < -0.3 is 14.5 Å². The van der Waals surface area contributed by atoms with E-state index in [2.05, 4.69) is 26.7 Å². The topological polar surface area (TPSA) is 63.0 Å². The lowest BCUT2D eigenvalue weighted by molar-refractivity contribution is 0.0976. The molecule has 1 aliphatic rings. The van der Waals surface area contributed by atoms with E-state index in [4.69, 9.17) is 4.74 Å². The maximum Gasteiger partial charge on any atom is 0.213 e. The zero-order valence-corrected chi connectivity index (χ0v) is 23.8. The first-order valence-electron chi connectivity index (χ1n) is 13.5. The average molecular weight is 570 g/mol. The molecule has 0 spiro atoms. The Balaban J connectivity index is 0.00000370. The molecule has 1 saturated heterocycles. The highest BCUT2D eigenvalue weighted by Gasteiger charge is 2.26. The number of rotatable bonds is 9. The van der Waals surface area contributed by atoms with E-state index in [1.165, 1.54) is 24.4 Å². The number of fused-ring (bicyclic) bond motifs is 1. The van der Waals surface area contributed by atoms with Gasteiger partial charge in [-0.05, 0) is 56.5 Å². The average Bonchev–Trinajstić information content (AvgIpc) is 3.30. The summed E-state index contributed by atoms with van der Waals surface area (Å²) in [5, 5.41) is 0. The van der Waals surface area contributed by atoms with Crippen molar-refractivity contribution in [3.63, 3.8) is 0 Å². The fraction of sp³-hybridized carbons (Fsp3) is 0.367. The number of Topliss-reactive ketones (excluding diaryl/α,β-unsaturated/α-hetero) is 1. The summed E-state index contributed by atoms with van der Waals surface area (Å²) in [5.41, 5.74) is 3.88. The maximum absolute atomic E-state index is 15.2. The van der Waals surface area contributed by atoms with E-state index in [-0.39, 0.29) is 36.5 Å². The minimum atomic E-state index is -0.395. The number of hydrogen-bond donors (Lipinski definition) is 0. The van der Waals surface area contributed by atoms with E-state index in [0.717, 1.165) is 17.8 Å². The first kappa shape index (κ1) is 29.3. The predicted octanol–water partition coefficient (Wildman–Crippen LogP) is 5.92. The number of aryl methyl sites for hydroxylation is 2. The molecular formula is C30H34ClF2N5O2. The molecule has 212 valence electrons. The van der Waals surface area contributed by atoms with Gasteiger partial charge in [-0.2, -0.15) is 0 Å². The standard InChI is InChI=1S/C30H33F2N5O2.ClH/c1-4-25-30(37-13-12-22(31)17-28(37)34-25)27(38)10-7-21-6-9-26(24(32)16-21)35-14-15-36(20(3)19-35)23-8-11-29(33-18-23)39-5-2;/h6,8-9,11-13,16-18,20H,4-5,7,10,14-15,19H2,1-3H3;1H/t20-;/m0./s1. The number of carbonyl (C=O) groups is 1. The number of ketones is 1. The minimum absolute atomic E-state index is 0. The van der Waals surface area contributed by atoms with E-state index in [9.17, 15) is 9.18 Å². The summed E-state index contributed by atoms with van der Waals surface area (Å²) in [7, 11) is 0. The molecule has 0 amide bonds. The van der Waals surface area contributed by atoms with Crippen molar-refractivity contribution in [2.75, 3.05) is 36.0 Å². The zero-order chi connectivity index (χ0) is 27.5. The number of carbonyl (C=O) groups excluding carboxylic acids is 1. The number of imidazole rings is 1. The lowest BCUT2D eigenvalue weighted by Gasteiger charge is -2.42. The van der Waals surface area contributed by atoms with Crippen molar-refractivity contribution in [1.29, 1.82) is 0 Å². The highest BCUT2D eigenvalue weighted by molar-refractivity contribution is 5.96. The molecule has 4 aromatic rings. The molecule has 7 nitrogen and oxygen atoms in total. The van der Waals surface area contributed by atoms with Crippen LogP contribution in [0.25, 0.3) is 5.65 Å². The Morgan fingerprint density at radius 1 is 1.10 bits per heavy atom. The highest BCUT2D eigenvalue weighted by Crippen LogP contribution is 2.27. The predicted molar refractivity (Wildman–Crippen MR) is 155 cm³/mol. The number of benzene rings is 1. The van der Waals surface area contributed by atoms with Crippen LogP contribution in [0.4, 0.5) is 20.2 Å². The van der Waals surface area contributed by atoms with Crippen LogP contribution in [0.1, 0.15) is 48.9 Å². The van der Waals surface area contributed by atoms with Crippen molar-refractivity contribution in [3.05, 3.63) is 83.4 Å². The first-order valence-corrected chi connectivity index (χ1v) is 13.5. The third kappa shape index (κ3) is 6.04. The van der Waals surface area contributed by atoms with Gasteiger partial charge in [-0.25, -0.2) is 18.7 Å². The van der Waals surface area contributed by atoms with Gasteiger partial charge in [0.2, 0.25) is 5.88 Å². The van der Waals surface area contributed by atoms with Gasteiger partial charge in [0.05, 0.1) is 29.9 Å². The summed E-state index contributed by atoms with van der Waals surface area (Å²) in [6.07, 6.45) is 4.54. The van der Waals surface area contributed by atoms with Crippen LogP contribution in [-0.2, 0) is 12.8 Å². The van der Waals surface area contributed by atoms with E-state index in [0.29, 0.717) is 61.1 Å². The third-order valence-corrected chi connectivity index (χ3v) is 7.23. The Morgan fingerprint density at radius 2 is 1.93 bits per heavy atom. The molecule has 0 bridgehead atoms. The number of hydrogen-bond acceptors (Lipinski definition) is 6. The summed E-state index contributed by atoms with van der Waals surface area (Å²) in [6.45, 7) is 8.65. The molecule has 0 saturated carbocycles. The second kappa shape index (κ2) is 12.6. The number of nitrogens with zero attached hydrogens (tertiary/aromatic N) is 5. The van der Waals surface area contributed by atoms with Gasteiger partial charge in [-0.3, -0.25) is 9.20 Å². The number of halogens is 3. The summed E-state index contributed by atoms with van der Waals surface area (Å²) in [4.78, 5) is 26.2. The van der Waals surface area contributed by atoms with Crippen LogP contribution in [0.3, 0.4) is 0 Å². The monoisotopic (exact) mass is 569 g/mol. The van der Waals surface area contributed by atoms with Crippen LogP contribution in [0.5, 0.6) is 5.88 Å². The van der Waals surface area contributed by atoms with Crippen molar-refractivity contribution < 1.29 is 18.3 Å². The second-order valence-electron chi connectivity index (χ2n) is 9.82. The Hall–Kier alpha value is -3.72. The quantitative estimate of drug-likeness (QED) is 0.233. The lowest BCUT2D eigenvalue weighted by atomic mass is 10.0. The highest BCUT2D eigenvalue weighted by atomic mass is 35.5. The van der Waals surface area contributed by atoms with Crippen molar-refractivity contribution >= 4 is 35.2 Å². The molecule has 0 aliphatic carbocycles. The van der Waals surface area contributed by atoms with E-state index < -0.39 is 5.82 Å². The van der Waals surface area contributed by atoms with Gasteiger partial charge >= 0.3 is 0 Å². The number of piperazine rings is 1. The summed E-state index contributed by atoms with van der Waals surface area (Å²) in [5.74, 6) is -0.170. The summed E-state index contributed by atoms with van der Waals surface area (Å²) in [6, 6.07) is 11.9. The molecular weight excluding hydrogens is 536 g/mol. The Labute approximate surface area is 239 Å². The van der Waals surface area contributed by atoms with E-state index >= 15 is 4.39 Å². The third-order valence-electron chi connectivity index (χ3n) is 7.23. The first-order chi connectivity index (χ1) is 18.9. The number of pyridine rings is 2. The summed E-state index contributed by atoms with van der Waals surface area (Å²) < 4.78 is 35.9. The molecule has 1 aromatic carbocycles. The van der Waals surface area contributed by atoms with Crippen LogP contribution in [0.2, 0.25) is 0 Å². The fourth-order valence-corrected chi connectivity index (χ4v) is 5.28. The van der Waals surface area contributed by atoms with Gasteiger partial charge in [0.15, 0.2) is 5.78 Å². The number of anilines is 2. The van der Waals surface area contributed by atoms with E-state index in [1.807, 2.05) is 44.3 Å². The minimum Gasteiger partial charge on any atom is -0.478 e. The molecule has 3 aromatic heterocycles. The molecule has 4 heterocycles. The molecule has 0 N–H and O–H groups in total. The largest absolute Gasteiger partial charge is 0.478 e. The molecule has 0 radical (unpaired) electrons. The van der Waals surface area contributed by atoms with Crippen molar-refractivity contribution in [3.8, 4) is 5.88 Å². The SMILES string of the molecule is CCOc1ccc(N2CCN(c3ccc(CCC(=O)c4c(CC)nc5cc(F)ccn45)cc3F)C[C@@H]2C)cn1.Cl. The molecule has 1 atom stereocenters. The van der Waals surface area contributed by atoms with Crippen LogP contribution in [0, 0.1) is 11.6 Å². The Morgan fingerprint density at radius 3 is 2.60 bits per heavy atom. The van der Waals surface area contributed by atoms with Gasteiger partial charge in [0, 0.05) is 50.4 Å². The van der Waals surface area contributed by atoms with Crippen LogP contribution in [-0.4, -0.2) is 52.4 Å². The smallest absolute Gasteiger partial charge is 0.213 e. The molecule has 40 heavy (non-hydrogen) atoms. The zero-order valence-electron chi connectivity index (χ0n) is 22.9. The second-order valence-corrected chi connectivity index (χ2v) is 9.82. The van der Waals surface area contributed by atoms with Gasteiger partial charge in [0.1, 0.15) is 23.0 Å². The normalized spacial score (nSPS) is 15.3. The molecule has 10 heteroatoms. The fourth-order valence-electron chi connectivity index (χ4n) is 5.28. The molecule has 0 unspecified atom stereocenters. The van der Waals surface area contributed by atoms with E-state index in [1.54, 1.807) is 4.40 Å². The van der Waals surface area contributed by atoms with Crippen LogP contribution >= 0.6 is 12.4 Å². The number of ether oxygens (including phenoxy) is 1. The Bertz CT molecular complexity index is 1480.